The van der Waals surface area contributed by atoms with Gasteiger partial charge in [0.05, 0.1) is 17.7 Å². The number of carbonyl (C=O) groups is 1. The topological polar surface area (TPSA) is 35.5 Å². The number of allylic oxidation sites excluding steroid dienone is 1. The lowest BCUT2D eigenvalue weighted by Gasteiger charge is -2.13. The Labute approximate surface area is 145 Å². The first-order chi connectivity index (χ1) is 11.2. The van der Waals surface area contributed by atoms with Crippen LogP contribution in [0.2, 0.25) is 0 Å². The van der Waals surface area contributed by atoms with E-state index in [2.05, 4.69) is 15.9 Å². The van der Waals surface area contributed by atoms with E-state index in [1.54, 1.807) is 24.3 Å². The van der Waals surface area contributed by atoms with Crippen molar-refractivity contribution >= 4 is 27.8 Å². The summed E-state index contributed by atoms with van der Waals surface area (Å²) in [5, 5.41) is 0. The molecule has 4 heteroatoms. The minimum atomic E-state index is -0.0337. The molecule has 0 radical (unpaired) electrons. The van der Waals surface area contributed by atoms with Gasteiger partial charge in [0.2, 0.25) is 0 Å². The van der Waals surface area contributed by atoms with Crippen LogP contribution in [0.25, 0.3) is 6.08 Å². The van der Waals surface area contributed by atoms with Crippen LogP contribution in [0, 0.1) is 0 Å². The van der Waals surface area contributed by atoms with Gasteiger partial charge < -0.3 is 9.47 Å². The quantitative estimate of drug-likeness (QED) is 0.496. The lowest BCUT2D eigenvalue weighted by Crippen LogP contribution is -1.99. The van der Waals surface area contributed by atoms with Crippen LogP contribution in [0.3, 0.4) is 0 Å². The fourth-order valence-electron chi connectivity index (χ4n) is 2.10. The lowest BCUT2D eigenvalue weighted by atomic mass is 10.1. The Morgan fingerprint density at radius 3 is 2.43 bits per heavy atom. The predicted octanol–water partition coefficient (Wildman–Crippen LogP) is 5.14. The van der Waals surface area contributed by atoms with Gasteiger partial charge >= 0.3 is 0 Å². The standard InChI is InChI=1S/C19H19BrO3/c1-3-22-18-13-14(12-16(20)19(18)23-4-2)10-11-17(21)15-8-6-5-7-9-15/h5-13H,3-4H2,1-2H3/b11-10+. The Kier molecular flexibility index (Phi) is 6.41. The maximum Gasteiger partial charge on any atom is 0.185 e. The van der Waals surface area contributed by atoms with Crippen LogP contribution in [0.5, 0.6) is 11.5 Å². The van der Waals surface area contributed by atoms with Gasteiger partial charge in [0.15, 0.2) is 17.3 Å². The third-order valence-electron chi connectivity index (χ3n) is 3.11. The normalized spacial score (nSPS) is 10.7. The molecule has 0 bridgehead atoms. The predicted molar refractivity (Wildman–Crippen MR) is 96.3 cm³/mol. The van der Waals surface area contributed by atoms with E-state index in [-0.39, 0.29) is 5.78 Å². The molecule has 23 heavy (non-hydrogen) atoms. The van der Waals surface area contributed by atoms with E-state index in [9.17, 15) is 4.79 Å². The zero-order valence-corrected chi connectivity index (χ0v) is 14.8. The van der Waals surface area contributed by atoms with Crippen molar-refractivity contribution in [3.8, 4) is 11.5 Å². The van der Waals surface area contributed by atoms with E-state index in [4.69, 9.17) is 9.47 Å². The van der Waals surface area contributed by atoms with E-state index in [0.717, 1.165) is 10.0 Å². The second kappa shape index (κ2) is 8.53. The van der Waals surface area contributed by atoms with Gasteiger partial charge in [-0.15, -0.1) is 0 Å². The van der Waals surface area contributed by atoms with Gasteiger partial charge in [-0.1, -0.05) is 36.4 Å². The van der Waals surface area contributed by atoms with Crippen molar-refractivity contribution in [2.45, 2.75) is 13.8 Å². The molecule has 0 aliphatic heterocycles. The first-order valence-electron chi connectivity index (χ1n) is 7.52. The maximum atomic E-state index is 12.1. The molecule has 0 fully saturated rings. The molecule has 0 saturated carbocycles. The van der Waals surface area contributed by atoms with E-state index >= 15 is 0 Å². The monoisotopic (exact) mass is 374 g/mol. The minimum Gasteiger partial charge on any atom is -0.490 e. The molecule has 0 unspecified atom stereocenters. The molecular weight excluding hydrogens is 356 g/mol. The fraction of sp³-hybridized carbons (Fsp3) is 0.211. The summed E-state index contributed by atoms with van der Waals surface area (Å²) >= 11 is 3.50. The third-order valence-corrected chi connectivity index (χ3v) is 3.69. The van der Waals surface area contributed by atoms with Gasteiger partial charge in [0.25, 0.3) is 0 Å². The summed E-state index contributed by atoms with van der Waals surface area (Å²) in [5.41, 5.74) is 1.53. The number of benzene rings is 2. The van der Waals surface area contributed by atoms with E-state index in [1.807, 2.05) is 44.2 Å². The van der Waals surface area contributed by atoms with E-state index in [0.29, 0.717) is 30.3 Å². The minimum absolute atomic E-state index is 0.0337. The van der Waals surface area contributed by atoms with Crippen molar-refractivity contribution in [1.29, 1.82) is 0 Å². The van der Waals surface area contributed by atoms with Crippen molar-refractivity contribution in [2.24, 2.45) is 0 Å². The molecule has 0 N–H and O–H groups in total. The molecule has 2 aromatic rings. The molecule has 2 rings (SSSR count). The Balaban J connectivity index is 2.26. The Morgan fingerprint density at radius 2 is 1.78 bits per heavy atom. The van der Waals surface area contributed by atoms with Crippen molar-refractivity contribution in [3.05, 3.63) is 64.1 Å². The molecule has 0 amide bonds. The Hall–Kier alpha value is -2.07. The van der Waals surface area contributed by atoms with Crippen LogP contribution in [0.15, 0.2) is 53.0 Å². The van der Waals surface area contributed by atoms with Gasteiger partial charge in [-0.05, 0) is 53.5 Å². The van der Waals surface area contributed by atoms with Crippen molar-refractivity contribution in [1.82, 2.24) is 0 Å². The third kappa shape index (κ3) is 4.70. The molecule has 0 atom stereocenters. The summed E-state index contributed by atoms with van der Waals surface area (Å²) in [6, 6.07) is 13.0. The van der Waals surface area contributed by atoms with Crippen LogP contribution in [0.4, 0.5) is 0 Å². The highest BCUT2D eigenvalue weighted by molar-refractivity contribution is 9.10. The van der Waals surface area contributed by atoms with Gasteiger partial charge in [0.1, 0.15) is 0 Å². The Bertz CT molecular complexity index is 693. The smallest absolute Gasteiger partial charge is 0.185 e. The summed E-state index contributed by atoms with van der Waals surface area (Å²) in [5.74, 6) is 1.31. The summed E-state index contributed by atoms with van der Waals surface area (Å²) in [4.78, 5) is 12.1. The first kappa shape index (κ1) is 17.3. The number of halogens is 1. The molecular formula is C19H19BrO3. The Morgan fingerprint density at radius 1 is 1.09 bits per heavy atom. The molecule has 0 aromatic heterocycles. The SMILES string of the molecule is CCOc1cc(/C=C/C(=O)c2ccccc2)cc(Br)c1OCC. The summed E-state index contributed by atoms with van der Waals surface area (Å²) in [6.45, 7) is 4.95. The number of ketones is 1. The average molecular weight is 375 g/mol. The fourth-order valence-corrected chi connectivity index (χ4v) is 2.68. The highest BCUT2D eigenvalue weighted by Crippen LogP contribution is 2.37. The first-order valence-corrected chi connectivity index (χ1v) is 8.31. The average Bonchev–Trinajstić information content (AvgIpc) is 2.57. The second-order valence-corrected chi connectivity index (χ2v) is 5.61. The molecule has 0 spiro atoms. The highest BCUT2D eigenvalue weighted by Gasteiger charge is 2.11. The number of carbonyl (C=O) groups excluding carboxylic acids is 1. The number of ether oxygens (including phenoxy) is 2. The number of hydrogen-bond donors (Lipinski definition) is 0. The number of hydrogen-bond acceptors (Lipinski definition) is 3. The number of rotatable bonds is 7. The maximum absolute atomic E-state index is 12.1. The van der Waals surface area contributed by atoms with E-state index < -0.39 is 0 Å². The van der Waals surface area contributed by atoms with Gasteiger partial charge in [0, 0.05) is 5.56 Å². The molecule has 0 saturated heterocycles. The van der Waals surface area contributed by atoms with Gasteiger partial charge in [-0.2, -0.15) is 0 Å². The molecule has 0 aliphatic rings. The molecule has 3 nitrogen and oxygen atoms in total. The largest absolute Gasteiger partial charge is 0.490 e. The zero-order chi connectivity index (χ0) is 16.7. The molecule has 0 aliphatic carbocycles. The van der Waals surface area contributed by atoms with Crippen molar-refractivity contribution in [3.63, 3.8) is 0 Å². The van der Waals surface area contributed by atoms with Crippen LogP contribution in [-0.4, -0.2) is 19.0 Å². The second-order valence-electron chi connectivity index (χ2n) is 4.76. The van der Waals surface area contributed by atoms with Crippen molar-refractivity contribution < 1.29 is 14.3 Å². The lowest BCUT2D eigenvalue weighted by molar-refractivity contribution is 0.104. The highest BCUT2D eigenvalue weighted by atomic mass is 79.9. The summed E-state index contributed by atoms with van der Waals surface area (Å²) in [7, 11) is 0. The van der Waals surface area contributed by atoms with E-state index in [1.165, 1.54) is 0 Å². The van der Waals surface area contributed by atoms with Crippen LogP contribution in [-0.2, 0) is 0 Å². The van der Waals surface area contributed by atoms with Crippen molar-refractivity contribution in [2.75, 3.05) is 13.2 Å². The molecule has 0 heterocycles. The molecule has 2 aromatic carbocycles. The zero-order valence-electron chi connectivity index (χ0n) is 13.2. The van der Waals surface area contributed by atoms with Crippen LogP contribution >= 0.6 is 15.9 Å². The van der Waals surface area contributed by atoms with Crippen LogP contribution < -0.4 is 9.47 Å². The summed E-state index contributed by atoms with van der Waals surface area (Å²) < 4.78 is 12.0. The molecule has 120 valence electrons. The summed E-state index contributed by atoms with van der Waals surface area (Å²) in [6.07, 6.45) is 3.34. The van der Waals surface area contributed by atoms with Crippen LogP contribution in [0.1, 0.15) is 29.8 Å². The van der Waals surface area contributed by atoms with Gasteiger partial charge in [-0.3, -0.25) is 4.79 Å². The van der Waals surface area contributed by atoms with Gasteiger partial charge in [-0.25, -0.2) is 0 Å².